The minimum Gasteiger partial charge on any atom is -0.508 e. The molecule has 0 heterocycles. The average Bonchev–Trinajstić information content (AvgIpc) is 2.77. The average molecular weight is 524 g/mol. The first-order chi connectivity index (χ1) is 17.2. The summed E-state index contributed by atoms with van der Waals surface area (Å²) in [5.41, 5.74) is 11.1. The number of nitrogens with one attached hydrogen (secondary N) is 3. The lowest BCUT2D eigenvalue weighted by molar-refractivity contribution is -0.143. The van der Waals surface area contributed by atoms with Gasteiger partial charge in [0.25, 0.3) is 0 Å². The summed E-state index contributed by atoms with van der Waals surface area (Å²) in [7, 11) is 0. The molecule has 0 saturated carbocycles. The lowest BCUT2D eigenvalue weighted by Gasteiger charge is -2.25. The minimum atomic E-state index is -1.64. The molecule has 0 spiro atoms. The number of aromatic hydroxyl groups is 1. The number of carbonyl (C=O) groups excluding carboxylic acids is 4. The molecule has 0 aromatic heterocycles. The van der Waals surface area contributed by atoms with Crippen LogP contribution in [-0.2, 0) is 35.2 Å². The molecule has 4 amide bonds. The number of phenols is 1. The van der Waals surface area contributed by atoms with E-state index in [2.05, 4.69) is 16.0 Å². The monoisotopic (exact) mass is 523 g/mol. The van der Waals surface area contributed by atoms with Crippen molar-refractivity contribution in [1.29, 1.82) is 0 Å². The number of phenolic OH excluding ortho intramolecular Hbond substituents is 1. The molecule has 37 heavy (non-hydrogen) atoms. The highest BCUT2D eigenvalue weighted by atomic mass is 16.4. The van der Waals surface area contributed by atoms with E-state index in [1.807, 2.05) is 0 Å². The fraction of sp³-hybridized carbons (Fsp3) is 0.478. The van der Waals surface area contributed by atoms with Gasteiger partial charge in [-0.05, 0) is 30.0 Å². The van der Waals surface area contributed by atoms with Gasteiger partial charge in [-0.1, -0.05) is 26.0 Å². The number of carbonyl (C=O) groups is 6. The lowest BCUT2D eigenvalue weighted by atomic mass is 10.0. The molecule has 14 heteroatoms. The van der Waals surface area contributed by atoms with Crippen molar-refractivity contribution in [3.63, 3.8) is 0 Å². The molecule has 10 N–H and O–H groups in total. The smallest absolute Gasteiger partial charge is 0.326 e. The summed E-state index contributed by atoms with van der Waals surface area (Å²) < 4.78 is 0. The third-order valence-corrected chi connectivity index (χ3v) is 5.10. The second-order valence-corrected chi connectivity index (χ2v) is 8.90. The standard InChI is InChI=1S/C23H33N5O9/c1-11(2)7-15(21(34)28-17(23(36)37)8-12-3-5-13(29)6-4-12)27-22(35)16(10-19(31)32)26-20(33)14(24)9-18(25)30/h3-6,11,14-17,29H,7-10,24H2,1-2H3,(H2,25,30)(H,26,33)(H,27,35)(H,28,34)(H,31,32)(H,36,37). The number of hydrogen-bond donors (Lipinski definition) is 8. The number of nitrogens with two attached hydrogens (primary N) is 2. The quantitative estimate of drug-likeness (QED) is 0.128. The second-order valence-electron chi connectivity index (χ2n) is 8.90. The van der Waals surface area contributed by atoms with Crippen LogP contribution in [0.3, 0.4) is 0 Å². The number of primary amides is 1. The number of benzene rings is 1. The predicted molar refractivity (Wildman–Crippen MR) is 129 cm³/mol. The van der Waals surface area contributed by atoms with Crippen molar-refractivity contribution < 1.29 is 44.1 Å². The third-order valence-electron chi connectivity index (χ3n) is 5.10. The van der Waals surface area contributed by atoms with E-state index in [1.54, 1.807) is 13.8 Å². The van der Waals surface area contributed by atoms with Gasteiger partial charge in [-0.25, -0.2) is 4.79 Å². The van der Waals surface area contributed by atoms with Crippen molar-refractivity contribution in [3.8, 4) is 5.75 Å². The molecule has 0 bridgehead atoms. The zero-order valence-electron chi connectivity index (χ0n) is 20.5. The van der Waals surface area contributed by atoms with E-state index in [4.69, 9.17) is 16.6 Å². The van der Waals surface area contributed by atoms with Crippen molar-refractivity contribution >= 4 is 35.6 Å². The number of hydrogen-bond acceptors (Lipinski definition) is 8. The van der Waals surface area contributed by atoms with Gasteiger partial charge in [0, 0.05) is 6.42 Å². The van der Waals surface area contributed by atoms with Crippen molar-refractivity contribution in [2.45, 2.75) is 63.7 Å². The van der Waals surface area contributed by atoms with Crippen molar-refractivity contribution in [2.24, 2.45) is 17.4 Å². The maximum absolute atomic E-state index is 13.0. The van der Waals surface area contributed by atoms with E-state index in [-0.39, 0.29) is 24.5 Å². The van der Waals surface area contributed by atoms with Gasteiger partial charge in [0.1, 0.15) is 23.9 Å². The van der Waals surface area contributed by atoms with Crippen LogP contribution in [0, 0.1) is 5.92 Å². The van der Waals surface area contributed by atoms with Crippen molar-refractivity contribution in [2.75, 3.05) is 0 Å². The maximum atomic E-state index is 13.0. The van der Waals surface area contributed by atoms with Crippen molar-refractivity contribution in [1.82, 2.24) is 16.0 Å². The summed E-state index contributed by atoms with van der Waals surface area (Å²) in [6.07, 6.45) is -1.43. The summed E-state index contributed by atoms with van der Waals surface area (Å²) in [5.74, 6) is -6.66. The predicted octanol–water partition coefficient (Wildman–Crippen LogP) is -1.80. The Morgan fingerprint density at radius 3 is 1.81 bits per heavy atom. The van der Waals surface area contributed by atoms with E-state index >= 15 is 0 Å². The van der Waals surface area contributed by atoms with Gasteiger partial charge in [0.2, 0.25) is 23.6 Å². The molecular formula is C23H33N5O9. The molecule has 1 aromatic carbocycles. The van der Waals surface area contributed by atoms with E-state index < -0.39 is 72.6 Å². The molecule has 14 nitrogen and oxygen atoms in total. The lowest BCUT2D eigenvalue weighted by Crippen LogP contribution is -2.58. The first kappa shape index (κ1) is 30.8. The molecule has 0 fully saturated rings. The van der Waals surface area contributed by atoms with E-state index in [1.165, 1.54) is 24.3 Å². The largest absolute Gasteiger partial charge is 0.508 e. The first-order valence-electron chi connectivity index (χ1n) is 11.4. The second kappa shape index (κ2) is 14.4. The fourth-order valence-corrected chi connectivity index (χ4v) is 3.29. The van der Waals surface area contributed by atoms with Crippen LogP contribution in [0.4, 0.5) is 0 Å². The molecule has 0 aliphatic carbocycles. The Kier molecular flexibility index (Phi) is 12.0. The summed E-state index contributed by atoms with van der Waals surface area (Å²) in [6.45, 7) is 3.49. The molecule has 204 valence electrons. The van der Waals surface area contributed by atoms with Gasteiger partial charge in [0.15, 0.2) is 0 Å². The summed E-state index contributed by atoms with van der Waals surface area (Å²) in [4.78, 5) is 72.0. The van der Waals surface area contributed by atoms with Crippen LogP contribution in [0.1, 0.15) is 38.7 Å². The van der Waals surface area contributed by atoms with Crippen LogP contribution in [0.15, 0.2) is 24.3 Å². The molecule has 0 aliphatic rings. The highest BCUT2D eigenvalue weighted by Crippen LogP contribution is 2.12. The molecule has 4 atom stereocenters. The number of amides is 4. The molecule has 0 saturated heterocycles. The molecule has 1 aromatic rings. The fourth-order valence-electron chi connectivity index (χ4n) is 3.29. The molecule has 4 unspecified atom stereocenters. The minimum absolute atomic E-state index is 0.0158. The van der Waals surface area contributed by atoms with Gasteiger partial charge in [-0.2, -0.15) is 0 Å². The highest BCUT2D eigenvalue weighted by molar-refractivity contribution is 5.96. The van der Waals surface area contributed by atoms with Gasteiger partial charge >= 0.3 is 11.9 Å². The maximum Gasteiger partial charge on any atom is 0.326 e. The molecule has 0 aliphatic heterocycles. The number of rotatable bonds is 15. The SMILES string of the molecule is CC(C)CC(NC(=O)C(CC(=O)O)NC(=O)C(N)CC(N)=O)C(=O)NC(Cc1ccc(O)cc1)C(=O)O. The molecule has 0 radical (unpaired) electrons. The van der Waals surface area contributed by atoms with Crippen molar-refractivity contribution in [3.05, 3.63) is 29.8 Å². The zero-order chi connectivity index (χ0) is 28.3. The first-order valence-corrected chi connectivity index (χ1v) is 11.4. The van der Waals surface area contributed by atoms with Crippen LogP contribution < -0.4 is 27.4 Å². The third kappa shape index (κ3) is 11.4. The Bertz CT molecular complexity index is 997. The van der Waals surface area contributed by atoms with Crippen LogP contribution in [0.2, 0.25) is 0 Å². The van der Waals surface area contributed by atoms with Gasteiger partial charge in [0.05, 0.1) is 18.9 Å². The Hall–Kier alpha value is -4.20. The Balaban J connectivity index is 3.03. The van der Waals surface area contributed by atoms with Gasteiger partial charge in [-0.3, -0.25) is 24.0 Å². The Morgan fingerprint density at radius 2 is 1.32 bits per heavy atom. The van der Waals surface area contributed by atoms with E-state index in [0.29, 0.717) is 5.56 Å². The summed E-state index contributed by atoms with van der Waals surface area (Å²) in [5, 5.41) is 35.0. The van der Waals surface area contributed by atoms with Gasteiger partial charge < -0.3 is 42.7 Å². The summed E-state index contributed by atoms with van der Waals surface area (Å²) in [6, 6.07) is 0.0198. The Labute approximate surface area is 212 Å². The molecular weight excluding hydrogens is 490 g/mol. The number of carboxylic acid groups (broad SMARTS) is 2. The zero-order valence-corrected chi connectivity index (χ0v) is 20.5. The van der Waals surface area contributed by atoms with E-state index in [0.717, 1.165) is 0 Å². The number of aliphatic carboxylic acids is 2. The topological polar surface area (TPSA) is 251 Å². The molecule has 1 rings (SSSR count). The van der Waals surface area contributed by atoms with Crippen LogP contribution in [0.5, 0.6) is 5.75 Å². The Morgan fingerprint density at radius 1 is 0.811 bits per heavy atom. The normalized spacial score (nSPS) is 14.1. The van der Waals surface area contributed by atoms with Crippen LogP contribution in [-0.4, -0.2) is 75.1 Å². The van der Waals surface area contributed by atoms with Crippen LogP contribution >= 0.6 is 0 Å². The van der Waals surface area contributed by atoms with Gasteiger partial charge in [-0.15, -0.1) is 0 Å². The highest BCUT2D eigenvalue weighted by Gasteiger charge is 2.32. The van der Waals surface area contributed by atoms with E-state index in [9.17, 15) is 39.0 Å². The van der Waals surface area contributed by atoms with Crippen LogP contribution in [0.25, 0.3) is 0 Å². The summed E-state index contributed by atoms with van der Waals surface area (Å²) >= 11 is 0. The number of carboxylic acids is 2.